The van der Waals surface area contributed by atoms with Crippen molar-refractivity contribution in [2.24, 2.45) is 0 Å². The lowest BCUT2D eigenvalue weighted by Gasteiger charge is -2.37. The van der Waals surface area contributed by atoms with Crippen LogP contribution in [0.5, 0.6) is 0 Å². The molecule has 1 heterocycles. The van der Waals surface area contributed by atoms with Gasteiger partial charge in [0.15, 0.2) is 5.11 Å². The van der Waals surface area contributed by atoms with Crippen LogP contribution in [-0.4, -0.2) is 22.6 Å². The first-order chi connectivity index (χ1) is 8.31. The highest BCUT2D eigenvalue weighted by atomic mass is 32.1. The molecule has 0 spiro atoms. The van der Waals surface area contributed by atoms with Gasteiger partial charge < -0.3 is 10.2 Å². The average molecular weight is 248 g/mol. The molecule has 0 radical (unpaired) electrons. The molecule has 0 unspecified atom stereocenters. The Morgan fingerprint density at radius 3 is 2.82 bits per heavy atom. The molecule has 1 atom stereocenters. The zero-order valence-electron chi connectivity index (χ0n) is 10.4. The van der Waals surface area contributed by atoms with Crippen molar-refractivity contribution >= 4 is 23.0 Å². The van der Waals surface area contributed by atoms with Crippen molar-refractivity contribution in [1.82, 2.24) is 4.90 Å². The van der Waals surface area contributed by atoms with Gasteiger partial charge in [-0.15, -0.1) is 0 Å². The lowest BCUT2D eigenvalue weighted by Crippen LogP contribution is -2.45. The Morgan fingerprint density at radius 2 is 2.12 bits per heavy atom. The van der Waals surface area contributed by atoms with Gasteiger partial charge in [-0.05, 0) is 50.0 Å². The molecule has 2 rings (SSSR count). The Hall–Kier alpha value is -1.09. The smallest absolute Gasteiger partial charge is 0.173 e. The van der Waals surface area contributed by atoms with Gasteiger partial charge in [-0.2, -0.15) is 0 Å². The maximum atomic E-state index is 5.51. The second-order valence-electron chi connectivity index (χ2n) is 4.55. The standard InChI is InChI=1S/C14H20N2S/c1-2-13-10-6-7-11-16(13)14(17)15-12-8-4-3-5-9-12/h3-5,8-9,13H,2,6-7,10-11H2,1H3,(H,15,17)/t13-/m1/s1. The first-order valence-corrected chi connectivity index (χ1v) is 6.84. The number of thiocarbonyl (C=S) groups is 1. The largest absolute Gasteiger partial charge is 0.346 e. The molecule has 1 saturated heterocycles. The summed E-state index contributed by atoms with van der Waals surface area (Å²) in [6.07, 6.45) is 5.04. The molecule has 0 saturated carbocycles. The highest BCUT2D eigenvalue weighted by Crippen LogP contribution is 2.20. The molecule has 92 valence electrons. The number of piperidine rings is 1. The van der Waals surface area contributed by atoms with Gasteiger partial charge in [0.25, 0.3) is 0 Å². The zero-order chi connectivity index (χ0) is 12.1. The van der Waals surface area contributed by atoms with E-state index in [2.05, 4.69) is 29.3 Å². The molecule has 0 bridgehead atoms. The Bertz CT molecular complexity index is 364. The summed E-state index contributed by atoms with van der Waals surface area (Å²) in [6.45, 7) is 3.34. The van der Waals surface area contributed by atoms with E-state index >= 15 is 0 Å². The molecule has 17 heavy (non-hydrogen) atoms. The van der Waals surface area contributed by atoms with Gasteiger partial charge in [0.2, 0.25) is 0 Å². The fourth-order valence-electron chi connectivity index (χ4n) is 2.41. The highest BCUT2D eigenvalue weighted by molar-refractivity contribution is 7.80. The summed E-state index contributed by atoms with van der Waals surface area (Å²) in [4.78, 5) is 2.35. The molecule has 1 fully saturated rings. The van der Waals surface area contributed by atoms with Gasteiger partial charge in [0.1, 0.15) is 0 Å². The summed E-state index contributed by atoms with van der Waals surface area (Å²) in [5, 5.41) is 4.21. The van der Waals surface area contributed by atoms with Crippen molar-refractivity contribution in [1.29, 1.82) is 0 Å². The Balaban J connectivity index is 1.99. The van der Waals surface area contributed by atoms with Crippen LogP contribution >= 0.6 is 12.2 Å². The van der Waals surface area contributed by atoms with Crippen LogP contribution in [0, 0.1) is 0 Å². The van der Waals surface area contributed by atoms with E-state index in [-0.39, 0.29) is 0 Å². The minimum Gasteiger partial charge on any atom is -0.346 e. The Morgan fingerprint density at radius 1 is 1.35 bits per heavy atom. The van der Waals surface area contributed by atoms with E-state index in [1.807, 2.05) is 18.2 Å². The summed E-state index contributed by atoms with van der Waals surface area (Å²) < 4.78 is 0. The number of nitrogens with zero attached hydrogens (tertiary/aromatic N) is 1. The van der Waals surface area contributed by atoms with Gasteiger partial charge in [-0.25, -0.2) is 0 Å². The molecular weight excluding hydrogens is 228 g/mol. The van der Waals surface area contributed by atoms with E-state index in [1.54, 1.807) is 0 Å². The average Bonchev–Trinajstić information content (AvgIpc) is 2.40. The Labute approximate surface area is 109 Å². The molecule has 2 nitrogen and oxygen atoms in total. The first-order valence-electron chi connectivity index (χ1n) is 6.44. The van der Waals surface area contributed by atoms with Crippen molar-refractivity contribution < 1.29 is 0 Å². The van der Waals surface area contributed by atoms with Crippen LogP contribution < -0.4 is 5.32 Å². The monoisotopic (exact) mass is 248 g/mol. The quantitative estimate of drug-likeness (QED) is 0.804. The lowest BCUT2D eigenvalue weighted by atomic mass is 10.0. The summed E-state index contributed by atoms with van der Waals surface area (Å²) in [6, 6.07) is 10.8. The fourth-order valence-corrected chi connectivity index (χ4v) is 2.77. The number of anilines is 1. The molecule has 1 aromatic carbocycles. The summed E-state index contributed by atoms with van der Waals surface area (Å²) in [5.41, 5.74) is 1.08. The van der Waals surface area contributed by atoms with E-state index < -0.39 is 0 Å². The van der Waals surface area contributed by atoms with E-state index in [4.69, 9.17) is 12.2 Å². The Kier molecular flexibility index (Phi) is 4.37. The van der Waals surface area contributed by atoms with Crippen LogP contribution in [0.15, 0.2) is 30.3 Å². The maximum Gasteiger partial charge on any atom is 0.173 e. The number of nitrogens with one attached hydrogen (secondary N) is 1. The van der Waals surface area contributed by atoms with Crippen LogP contribution in [0.2, 0.25) is 0 Å². The minimum atomic E-state index is 0.618. The number of hydrogen-bond donors (Lipinski definition) is 1. The van der Waals surface area contributed by atoms with Crippen LogP contribution in [0.4, 0.5) is 5.69 Å². The number of hydrogen-bond acceptors (Lipinski definition) is 1. The van der Waals surface area contributed by atoms with Crippen molar-refractivity contribution in [3.8, 4) is 0 Å². The molecular formula is C14H20N2S. The van der Waals surface area contributed by atoms with Crippen molar-refractivity contribution in [3.05, 3.63) is 30.3 Å². The molecule has 0 aliphatic carbocycles. The molecule has 0 aromatic heterocycles. The van der Waals surface area contributed by atoms with Crippen molar-refractivity contribution in [3.63, 3.8) is 0 Å². The third kappa shape index (κ3) is 3.19. The third-order valence-corrected chi connectivity index (χ3v) is 3.72. The van der Waals surface area contributed by atoms with Gasteiger partial charge >= 0.3 is 0 Å². The van der Waals surface area contributed by atoms with E-state index in [0.717, 1.165) is 17.3 Å². The molecule has 1 aromatic rings. The predicted octanol–water partition coefficient (Wildman–Crippen LogP) is 3.65. The summed E-state index contributed by atoms with van der Waals surface area (Å²) in [7, 11) is 0. The first kappa shape index (κ1) is 12.4. The van der Waals surface area contributed by atoms with Gasteiger partial charge in [-0.1, -0.05) is 25.1 Å². The summed E-state index contributed by atoms with van der Waals surface area (Å²) >= 11 is 5.51. The second kappa shape index (κ2) is 6.01. The zero-order valence-corrected chi connectivity index (χ0v) is 11.2. The van der Waals surface area contributed by atoms with Crippen molar-refractivity contribution in [2.75, 3.05) is 11.9 Å². The molecule has 1 N–H and O–H groups in total. The van der Waals surface area contributed by atoms with Gasteiger partial charge in [0.05, 0.1) is 0 Å². The summed E-state index contributed by atoms with van der Waals surface area (Å²) in [5.74, 6) is 0. The SMILES string of the molecule is CC[C@@H]1CCCCN1C(=S)Nc1ccccc1. The van der Waals surface area contributed by atoms with E-state index in [9.17, 15) is 0 Å². The molecule has 1 aliphatic rings. The number of rotatable bonds is 2. The minimum absolute atomic E-state index is 0.618. The van der Waals surface area contributed by atoms with Crippen LogP contribution in [0.25, 0.3) is 0 Å². The van der Waals surface area contributed by atoms with Gasteiger partial charge in [0, 0.05) is 18.3 Å². The molecule has 1 aliphatic heterocycles. The lowest BCUT2D eigenvalue weighted by molar-refractivity contribution is 0.239. The fraction of sp³-hybridized carbons (Fsp3) is 0.500. The maximum absolute atomic E-state index is 5.51. The van der Waals surface area contributed by atoms with Crippen LogP contribution in [-0.2, 0) is 0 Å². The topological polar surface area (TPSA) is 15.3 Å². The number of benzene rings is 1. The number of likely N-dealkylation sites (tertiary alicyclic amines) is 1. The number of para-hydroxylation sites is 1. The van der Waals surface area contributed by atoms with Crippen molar-refractivity contribution in [2.45, 2.75) is 38.6 Å². The second-order valence-corrected chi connectivity index (χ2v) is 4.93. The predicted molar refractivity (Wildman–Crippen MR) is 77.3 cm³/mol. The van der Waals surface area contributed by atoms with E-state index in [1.165, 1.54) is 25.7 Å². The van der Waals surface area contributed by atoms with Gasteiger partial charge in [-0.3, -0.25) is 0 Å². The normalized spacial score (nSPS) is 20.1. The third-order valence-electron chi connectivity index (χ3n) is 3.38. The molecule has 0 amide bonds. The van der Waals surface area contributed by atoms with Crippen LogP contribution in [0.1, 0.15) is 32.6 Å². The molecule has 3 heteroatoms. The van der Waals surface area contributed by atoms with Crippen LogP contribution in [0.3, 0.4) is 0 Å². The highest BCUT2D eigenvalue weighted by Gasteiger charge is 2.22. The van der Waals surface area contributed by atoms with E-state index in [0.29, 0.717) is 6.04 Å².